The van der Waals surface area contributed by atoms with Crippen molar-refractivity contribution in [3.8, 4) is 0 Å². The number of hydrogen-bond acceptors (Lipinski definition) is 3. The molecule has 12 heavy (non-hydrogen) atoms. The fourth-order valence-corrected chi connectivity index (χ4v) is 1.06. The van der Waals surface area contributed by atoms with Gasteiger partial charge in [-0.3, -0.25) is 14.3 Å². The minimum atomic E-state index is -0.464. The summed E-state index contributed by atoms with van der Waals surface area (Å²) in [6, 6.07) is 1.15. The minimum Gasteiger partial charge on any atom is -0.385 e. The minimum absolute atomic E-state index is 0.0469. The zero-order valence-corrected chi connectivity index (χ0v) is 7.00. The van der Waals surface area contributed by atoms with Crippen molar-refractivity contribution in [3.63, 3.8) is 0 Å². The molecule has 66 valence electrons. The highest BCUT2D eigenvalue weighted by atomic mass is 16.2. The van der Waals surface area contributed by atoms with E-state index in [1.807, 2.05) is 13.8 Å². The molecular weight excluding hydrogens is 158 g/mol. The van der Waals surface area contributed by atoms with E-state index in [0.29, 0.717) is 0 Å². The molecular formula is C7H11N3O2. The van der Waals surface area contributed by atoms with E-state index in [1.165, 1.54) is 10.6 Å². The Balaban J connectivity index is 3.49. The van der Waals surface area contributed by atoms with Crippen molar-refractivity contribution in [2.75, 3.05) is 5.73 Å². The smallest absolute Gasteiger partial charge is 0.330 e. The SMILES string of the molecule is CC(C)n1c(N)cc(=O)[nH]c1=O. The van der Waals surface area contributed by atoms with Crippen LogP contribution >= 0.6 is 0 Å². The molecule has 0 unspecified atom stereocenters. The van der Waals surface area contributed by atoms with Gasteiger partial charge in [-0.1, -0.05) is 0 Å². The molecule has 0 radical (unpaired) electrons. The average molecular weight is 169 g/mol. The number of rotatable bonds is 1. The maximum atomic E-state index is 11.1. The van der Waals surface area contributed by atoms with Crippen LogP contribution in [-0.2, 0) is 0 Å². The van der Waals surface area contributed by atoms with Crippen LogP contribution in [0, 0.1) is 0 Å². The van der Waals surface area contributed by atoms with Crippen LogP contribution < -0.4 is 17.0 Å². The Morgan fingerprint density at radius 3 is 2.50 bits per heavy atom. The third kappa shape index (κ3) is 1.39. The first-order valence-electron chi connectivity index (χ1n) is 3.63. The Kier molecular flexibility index (Phi) is 2.03. The predicted octanol–water partition coefficient (Wildman–Crippen LogP) is -0.300. The van der Waals surface area contributed by atoms with E-state index < -0.39 is 11.2 Å². The highest BCUT2D eigenvalue weighted by Gasteiger charge is 2.04. The van der Waals surface area contributed by atoms with E-state index in [4.69, 9.17) is 5.73 Å². The van der Waals surface area contributed by atoms with Gasteiger partial charge in [0.1, 0.15) is 5.82 Å². The van der Waals surface area contributed by atoms with Crippen LogP contribution in [0.5, 0.6) is 0 Å². The average Bonchev–Trinajstić information content (AvgIpc) is 1.82. The molecule has 0 aliphatic carbocycles. The van der Waals surface area contributed by atoms with Gasteiger partial charge >= 0.3 is 5.69 Å². The molecule has 1 rings (SSSR count). The Hall–Kier alpha value is -1.52. The highest BCUT2D eigenvalue weighted by Crippen LogP contribution is 2.03. The van der Waals surface area contributed by atoms with Gasteiger partial charge in [-0.2, -0.15) is 0 Å². The molecule has 3 N–H and O–H groups in total. The Morgan fingerprint density at radius 1 is 1.50 bits per heavy atom. The Labute approximate surface area is 68.8 Å². The number of nitrogens with one attached hydrogen (secondary N) is 1. The fourth-order valence-electron chi connectivity index (χ4n) is 1.06. The summed E-state index contributed by atoms with van der Waals surface area (Å²) in [6.07, 6.45) is 0. The lowest BCUT2D eigenvalue weighted by molar-refractivity contribution is 0.570. The number of nitrogens with two attached hydrogens (primary N) is 1. The van der Waals surface area contributed by atoms with Gasteiger partial charge in [0.15, 0.2) is 0 Å². The van der Waals surface area contributed by atoms with Gasteiger partial charge in [-0.15, -0.1) is 0 Å². The first-order valence-corrected chi connectivity index (χ1v) is 3.63. The van der Waals surface area contributed by atoms with Gasteiger partial charge in [-0.05, 0) is 13.8 Å². The standard InChI is InChI=1S/C7H11N3O2/c1-4(2)10-5(8)3-6(11)9-7(10)12/h3-4H,8H2,1-2H3,(H,9,11,12). The molecule has 0 atom stereocenters. The van der Waals surface area contributed by atoms with Gasteiger partial charge in [0.05, 0.1) is 0 Å². The maximum absolute atomic E-state index is 11.1. The quantitative estimate of drug-likeness (QED) is 0.605. The van der Waals surface area contributed by atoms with E-state index in [0.717, 1.165) is 0 Å². The van der Waals surface area contributed by atoms with Crippen LogP contribution in [0.25, 0.3) is 0 Å². The van der Waals surface area contributed by atoms with Crippen molar-refractivity contribution in [2.24, 2.45) is 0 Å². The third-order valence-corrected chi connectivity index (χ3v) is 1.52. The number of nitrogens with zero attached hydrogens (tertiary/aromatic N) is 1. The molecule has 1 heterocycles. The van der Waals surface area contributed by atoms with E-state index in [9.17, 15) is 9.59 Å². The molecule has 0 aliphatic rings. The second kappa shape index (κ2) is 2.84. The molecule has 0 aliphatic heterocycles. The van der Waals surface area contributed by atoms with Gasteiger partial charge in [0.25, 0.3) is 5.56 Å². The normalized spacial score (nSPS) is 10.6. The lowest BCUT2D eigenvalue weighted by Crippen LogP contribution is -2.32. The topological polar surface area (TPSA) is 80.9 Å². The zero-order valence-electron chi connectivity index (χ0n) is 7.00. The van der Waals surface area contributed by atoms with Crippen LogP contribution in [0.2, 0.25) is 0 Å². The van der Waals surface area contributed by atoms with E-state index in [-0.39, 0.29) is 11.9 Å². The number of H-pyrrole nitrogens is 1. The van der Waals surface area contributed by atoms with Crippen LogP contribution in [0.4, 0.5) is 5.82 Å². The summed E-state index contributed by atoms with van der Waals surface area (Å²) < 4.78 is 1.32. The molecule has 0 fully saturated rings. The largest absolute Gasteiger partial charge is 0.385 e. The van der Waals surface area contributed by atoms with E-state index >= 15 is 0 Å². The molecule has 5 nitrogen and oxygen atoms in total. The second-order valence-corrected chi connectivity index (χ2v) is 2.83. The van der Waals surface area contributed by atoms with Crippen LogP contribution in [0.15, 0.2) is 15.7 Å². The fraction of sp³-hybridized carbons (Fsp3) is 0.429. The number of aromatic amines is 1. The number of hydrogen-bond donors (Lipinski definition) is 2. The summed E-state index contributed by atoms with van der Waals surface area (Å²) in [5.74, 6) is 0.193. The number of nitrogen functional groups attached to an aromatic ring is 1. The van der Waals surface area contributed by atoms with Crippen LogP contribution in [0.1, 0.15) is 19.9 Å². The molecule has 0 bridgehead atoms. The molecule has 0 aromatic carbocycles. The zero-order chi connectivity index (χ0) is 9.30. The first kappa shape index (κ1) is 8.58. The summed E-state index contributed by atoms with van der Waals surface area (Å²) in [7, 11) is 0. The van der Waals surface area contributed by atoms with Gasteiger partial charge in [-0.25, -0.2) is 4.79 Å². The third-order valence-electron chi connectivity index (χ3n) is 1.52. The molecule has 1 aromatic rings. The summed E-state index contributed by atoms with van der Waals surface area (Å²) >= 11 is 0. The van der Waals surface area contributed by atoms with Crippen LogP contribution in [0.3, 0.4) is 0 Å². The predicted molar refractivity (Wildman–Crippen MR) is 46.1 cm³/mol. The van der Waals surface area contributed by atoms with E-state index in [2.05, 4.69) is 4.98 Å². The van der Waals surface area contributed by atoms with Crippen molar-refractivity contribution in [3.05, 3.63) is 26.9 Å². The lowest BCUT2D eigenvalue weighted by Gasteiger charge is -2.10. The van der Waals surface area contributed by atoms with Crippen LogP contribution in [-0.4, -0.2) is 9.55 Å². The monoisotopic (exact) mass is 169 g/mol. The summed E-state index contributed by atoms with van der Waals surface area (Å²) in [5.41, 5.74) is 4.54. The molecule has 0 spiro atoms. The van der Waals surface area contributed by atoms with Crippen molar-refractivity contribution in [1.82, 2.24) is 9.55 Å². The molecule has 5 heteroatoms. The Bertz CT molecular complexity index is 388. The molecule has 0 amide bonds. The number of anilines is 1. The van der Waals surface area contributed by atoms with Crippen molar-refractivity contribution in [1.29, 1.82) is 0 Å². The molecule has 1 aromatic heterocycles. The summed E-state index contributed by atoms with van der Waals surface area (Å²) in [4.78, 5) is 24.0. The number of aromatic nitrogens is 2. The molecule has 0 saturated heterocycles. The van der Waals surface area contributed by atoms with E-state index in [1.54, 1.807) is 0 Å². The summed E-state index contributed by atoms with van der Waals surface area (Å²) in [5, 5.41) is 0. The molecule has 0 saturated carbocycles. The maximum Gasteiger partial charge on any atom is 0.330 e. The lowest BCUT2D eigenvalue weighted by atomic mass is 10.4. The van der Waals surface area contributed by atoms with Gasteiger partial charge in [0, 0.05) is 12.1 Å². The van der Waals surface area contributed by atoms with Crippen molar-refractivity contribution in [2.45, 2.75) is 19.9 Å². The Morgan fingerprint density at radius 2 is 2.08 bits per heavy atom. The summed E-state index contributed by atoms with van der Waals surface area (Å²) in [6.45, 7) is 3.63. The second-order valence-electron chi connectivity index (χ2n) is 2.83. The van der Waals surface area contributed by atoms with Gasteiger partial charge in [0.2, 0.25) is 0 Å². The highest BCUT2D eigenvalue weighted by molar-refractivity contribution is 5.26. The van der Waals surface area contributed by atoms with Crippen molar-refractivity contribution < 1.29 is 0 Å². The van der Waals surface area contributed by atoms with Crippen molar-refractivity contribution >= 4 is 5.82 Å². The van der Waals surface area contributed by atoms with Gasteiger partial charge < -0.3 is 5.73 Å². The first-order chi connectivity index (χ1) is 5.52.